The first-order chi connectivity index (χ1) is 10.2. The second kappa shape index (κ2) is 5.58. The van der Waals surface area contributed by atoms with E-state index in [2.05, 4.69) is 4.90 Å². The summed E-state index contributed by atoms with van der Waals surface area (Å²) in [4.78, 5) is 4.06. The van der Waals surface area contributed by atoms with Gasteiger partial charge in [-0.2, -0.15) is 4.74 Å². The minimum absolute atomic E-state index is 0.317. The molecule has 3 rings (SSSR count). The second-order valence-corrected chi connectivity index (χ2v) is 5.41. The Kier molecular flexibility index (Phi) is 3.62. The first kappa shape index (κ1) is 13.6. The van der Waals surface area contributed by atoms with E-state index in [1.807, 2.05) is 79.7 Å². The van der Waals surface area contributed by atoms with Gasteiger partial charge in [-0.05, 0) is 38.4 Å². The molecule has 0 bridgehead atoms. The summed E-state index contributed by atoms with van der Waals surface area (Å²) in [5, 5.41) is 12.7. The highest BCUT2D eigenvalue weighted by Crippen LogP contribution is 2.23. The molecule has 2 aromatic carbocycles. The standard InChI is InChI=1S/C17H19N3O/c1-18(2)17-19(15-11-7-4-8-12-15)13-16(20(17)21)14-9-5-3-6-10-14/h3-12,17H,13H2,1-2H3. The molecule has 0 saturated heterocycles. The molecule has 0 fully saturated rings. The molecule has 0 N–H and O–H groups in total. The number of hydrogen-bond donors (Lipinski definition) is 0. The van der Waals surface area contributed by atoms with Crippen molar-refractivity contribution >= 4 is 11.4 Å². The maximum absolute atomic E-state index is 12.7. The number of nitrogens with zero attached hydrogens (tertiary/aromatic N) is 3. The number of rotatable bonds is 3. The fourth-order valence-electron chi connectivity index (χ4n) is 2.76. The molecule has 1 heterocycles. The van der Waals surface area contributed by atoms with Crippen LogP contribution < -0.4 is 4.90 Å². The number of hydrogen-bond acceptors (Lipinski definition) is 3. The van der Waals surface area contributed by atoms with Crippen LogP contribution in [0.1, 0.15) is 5.56 Å². The highest BCUT2D eigenvalue weighted by atomic mass is 16.5. The summed E-state index contributed by atoms with van der Waals surface area (Å²) in [6, 6.07) is 19.9. The van der Waals surface area contributed by atoms with E-state index in [1.165, 1.54) is 0 Å². The van der Waals surface area contributed by atoms with Crippen molar-refractivity contribution in [2.45, 2.75) is 6.29 Å². The number of anilines is 1. The predicted molar refractivity (Wildman–Crippen MR) is 85.4 cm³/mol. The molecule has 21 heavy (non-hydrogen) atoms. The quantitative estimate of drug-likeness (QED) is 0.639. The first-order valence-electron chi connectivity index (χ1n) is 7.04. The SMILES string of the molecule is CN(C)C1N(c2ccccc2)CC(c2ccccc2)=[N+]1[O-]. The van der Waals surface area contributed by atoms with Crippen LogP contribution in [0.5, 0.6) is 0 Å². The molecule has 2 aromatic rings. The van der Waals surface area contributed by atoms with Crippen molar-refractivity contribution in [3.05, 3.63) is 71.4 Å². The van der Waals surface area contributed by atoms with Crippen molar-refractivity contribution < 1.29 is 4.74 Å². The van der Waals surface area contributed by atoms with Crippen molar-refractivity contribution in [1.82, 2.24) is 4.90 Å². The summed E-state index contributed by atoms with van der Waals surface area (Å²) in [5.74, 6) is 0. The molecular weight excluding hydrogens is 262 g/mol. The smallest absolute Gasteiger partial charge is 0.301 e. The van der Waals surface area contributed by atoms with Crippen LogP contribution in [0.4, 0.5) is 5.69 Å². The van der Waals surface area contributed by atoms with Crippen LogP contribution >= 0.6 is 0 Å². The lowest BCUT2D eigenvalue weighted by molar-refractivity contribution is -0.517. The van der Waals surface area contributed by atoms with Gasteiger partial charge in [0.05, 0.1) is 0 Å². The summed E-state index contributed by atoms with van der Waals surface area (Å²) < 4.78 is 1.11. The molecule has 0 saturated carbocycles. The Balaban J connectivity index is 2.00. The Labute approximate surface area is 125 Å². The fraction of sp³-hybridized carbons (Fsp3) is 0.235. The largest absolute Gasteiger partial charge is 0.621 e. The van der Waals surface area contributed by atoms with Gasteiger partial charge in [-0.25, -0.2) is 4.90 Å². The van der Waals surface area contributed by atoms with Crippen molar-refractivity contribution in [1.29, 1.82) is 0 Å². The molecule has 0 aliphatic carbocycles. The Morgan fingerprint density at radius 2 is 1.57 bits per heavy atom. The minimum Gasteiger partial charge on any atom is -0.621 e. The van der Waals surface area contributed by atoms with Crippen molar-refractivity contribution in [2.75, 3.05) is 25.5 Å². The normalized spacial score (nSPS) is 18.6. The van der Waals surface area contributed by atoms with Gasteiger partial charge in [-0.1, -0.05) is 36.4 Å². The van der Waals surface area contributed by atoms with Crippen molar-refractivity contribution in [2.24, 2.45) is 0 Å². The molecule has 4 nitrogen and oxygen atoms in total. The summed E-state index contributed by atoms with van der Waals surface area (Å²) in [7, 11) is 3.86. The number of para-hydroxylation sites is 1. The van der Waals surface area contributed by atoms with Crippen LogP contribution in [0.2, 0.25) is 0 Å². The lowest BCUT2D eigenvalue weighted by Gasteiger charge is -2.28. The number of benzene rings is 2. The summed E-state index contributed by atoms with van der Waals surface area (Å²) >= 11 is 0. The Morgan fingerprint density at radius 3 is 2.14 bits per heavy atom. The van der Waals surface area contributed by atoms with E-state index in [-0.39, 0.29) is 6.29 Å². The van der Waals surface area contributed by atoms with Crippen LogP contribution in [0.25, 0.3) is 0 Å². The summed E-state index contributed by atoms with van der Waals surface area (Å²) in [6.07, 6.45) is -0.317. The van der Waals surface area contributed by atoms with Crippen LogP contribution in [0, 0.1) is 5.21 Å². The fourth-order valence-corrected chi connectivity index (χ4v) is 2.76. The van der Waals surface area contributed by atoms with Crippen LogP contribution in [-0.4, -0.2) is 42.3 Å². The summed E-state index contributed by atoms with van der Waals surface area (Å²) in [6.45, 7) is 0.611. The molecule has 4 heteroatoms. The molecule has 0 radical (unpaired) electrons. The molecule has 0 amide bonds. The maximum atomic E-state index is 12.7. The van der Waals surface area contributed by atoms with Gasteiger partial charge in [0, 0.05) is 11.3 Å². The third kappa shape index (κ3) is 2.50. The van der Waals surface area contributed by atoms with E-state index in [9.17, 15) is 5.21 Å². The van der Waals surface area contributed by atoms with Gasteiger partial charge in [0.15, 0.2) is 0 Å². The zero-order valence-corrected chi connectivity index (χ0v) is 12.3. The van der Waals surface area contributed by atoms with Crippen LogP contribution in [0.3, 0.4) is 0 Å². The Morgan fingerprint density at radius 1 is 1.00 bits per heavy atom. The van der Waals surface area contributed by atoms with Gasteiger partial charge in [-0.3, -0.25) is 4.90 Å². The van der Waals surface area contributed by atoms with Gasteiger partial charge in [0.1, 0.15) is 6.54 Å². The third-order valence-electron chi connectivity index (χ3n) is 3.73. The Hall–Kier alpha value is -2.33. The highest BCUT2D eigenvalue weighted by molar-refractivity contribution is 6.01. The predicted octanol–water partition coefficient (Wildman–Crippen LogP) is 2.35. The van der Waals surface area contributed by atoms with E-state index in [0.717, 1.165) is 21.7 Å². The monoisotopic (exact) mass is 281 g/mol. The average Bonchev–Trinajstić information content (AvgIpc) is 2.87. The zero-order chi connectivity index (χ0) is 14.8. The van der Waals surface area contributed by atoms with Gasteiger partial charge in [-0.15, -0.1) is 0 Å². The van der Waals surface area contributed by atoms with Gasteiger partial charge >= 0.3 is 6.29 Å². The Bertz CT molecular complexity index is 638. The average molecular weight is 281 g/mol. The van der Waals surface area contributed by atoms with Crippen molar-refractivity contribution in [3.8, 4) is 0 Å². The molecular formula is C17H19N3O. The first-order valence-corrected chi connectivity index (χ1v) is 7.04. The molecule has 108 valence electrons. The topological polar surface area (TPSA) is 32.5 Å². The lowest BCUT2D eigenvalue weighted by Crippen LogP contribution is -2.46. The summed E-state index contributed by atoms with van der Waals surface area (Å²) in [5.41, 5.74) is 2.85. The molecule has 1 unspecified atom stereocenters. The molecule has 0 spiro atoms. The van der Waals surface area contributed by atoms with Crippen LogP contribution in [0.15, 0.2) is 60.7 Å². The minimum atomic E-state index is -0.317. The van der Waals surface area contributed by atoms with Crippen molar-refractivity contribution in [3.63, 3.8) is 0 Å². The molecule has 1 atom stereocenters. The van der Waals surface area contributed by atoms with Gasteiger partial charge < -0.3 is 5.21 Å². The molecule has 1 aliphatic rings. The second-order valence-electron chi connectivity index (χ2n) is 5.41. The maximum Gasteiger partial charge on any atom is 0.301 e. The molecule has 1 aliphatic heterocycles. The number of hydroxylamine groups is 1. The third-order valence-corrected chi connectivity index (χ3v) is 3.73. The van der Waals surface area contributed by atoms with E-state index in [0.29, 0.717) is 6.54 Å². The van der Waals surface area contributed by atoms with E-state index in [1.54, 1.807) is 0 Å². The molecule has 0 aromatic heterocycles. The van der Waals surface area contributed by atoms with Gasteiger partial charge in [0.2, 0.25) is 5.71 Å². The lowest BCUT2D eigenvalue weighted by atomic mass is 10.1. The zero-order valence-electron chi connectivity index (χ0n) is 12.3. The van der Waals surface area contributed by atoms with Crippen LogP contribution in [-0.2, 0) is 0 Å². The van der Waals surface area contributed by atoms with E-state index in [4.69, 9.17) is 0 Å². The van der Waals surface area contributed by atoms with E-state index >= 15 is 0 Å². The van der Waals surface area contributed by atoms with Gasteiger partial charge in [0.25, 0.3) is 0 Å². The van der Waals surface area contributed by atoms with E-state index < -0.39 is 0 Å². The highest BCUT2D eigenvalue weighted by Gasteiger charge is 2.39.